The lowest BCUT2D eigenvalue weighted by Gasteiger charge is -2.06. The third-order valence-corrected chi connectivity index (χ3v) is 3.48. The largest absolute Gasteiger partial charge is 0.354 e. The summed E-state index contributed by atoms with van der Waals surface area (Å²) in [4.78, 5) is 15.6. The molecule has 0 aliphatic carbocycles. The fraction of sp³-hybridized carbons (Fsp3) is 0.0714. The molecule has 3 heteroatoms. The average molecular weight is 244 g/mol. The van der Waals surface area contributed by atoms with Gasteiger partial charge in [-0.25, -0.2) is 0 Å². The van der Waals surface area contributed by atoms with E-state index in [-0.39, 0.29) is 5.43 Å². The molecular weight excluding hydrogens is 234 g/mol. The van der Waals surface area contributed by atoms with Gasteiger partial charge in [0, 0.05) is 21.3 Å². The Hall–Kier alpha value is -1.80. The molecule has 3 aromatic rings. The van der Waals surface area contributed by atoms with Crippen LogP contribution in [0.1, 0.15) is 5.56 Å². The first-order valence-electron chi connectivity index (χ1n) is 5.38. The van der Waals surface area contributed by atoms with E-state index in [9.17, 15) is 4.79 Å². The second-order valence-electron chi connectivity index (χ2n) is 4.09. The van der Waals surface area contributed by atoms with Gasteiger partial charge in [0.15, 0.2) is 5.43 Å². The number of nitrogens with one attached hydrogen (secondary N) is 1. The van der Waals surface area contributed by atoms with Crippen LogP contribution in [0.25, 0.3) is 21.8 Å². The molecule has 2 nitrogen and oxygen atoms in total. The number of fused-ring (bicyclic) bond motifs is 2. The zero-order valence-corrected chi connectivity index (χ0v) is 10.0. The van der Waals surface area contributed by atoms with Crippen LogP contribution < -0.4 is 5.43 Å². The first-order chi connectivity index (χ1) is 8.18. The number of hydrogen-bond donors (Lipinski definition) is 1. The second kappa shape index (κ2) is 3.60. The molecule has 2 aromatic carbocycles. The van der Waals surface area contributed by atoms with Crippen LogP contribution in [-0.4, -0.2) is 4.98 Å². The highest BCUT2D eigenvalue weighted by atomic mass is 35.5. The van der Waals surface area contributed by atoms with Crippen LogP contribution in [0.2, 0.25) is 5.02 Å². The SMILES string of the molecule is Cc1c(Cl)ccc2c(=O)c3ccccc3[nH]c12. The Morgan fingerprint density at radius 1 is 1.06 bits per heavy atom. The molecule has 0 saturated carbocycles. The molecule has 3 rings (SSSR count). The highest BCUT2D eigenvalue weighted by molar-refractivity contribution is 6.32. The van der Waals surface area contributed by atoms with E-state index in [2.05, 4.69) is 4.98 Å². The van der Waals surface area contributed by atoms with Gasteiger partial charge in [0.25, 0.3) is 0 Å². The molecule has 0 fully saturated rings. The van der Waals surface area contributed by atoms with E-state index in [1.807, 2.05) is 31.2 Å². The summed E-state index contributed by atoms with van der Waals surface area (Å²) in [5.41, 5.74) is 2.62. The Kier molecular flexibility index (Phi) is 2.20. The smallest absolute Gasteiger partial charge is 0.197 e. The zero-order valence-electron chi connectivity index (χ0n) is 9.25. The zero-order chi connectivity index (χ0) is 12.0. The van der Waals surface area contributed by atoms with Gasteiger partial charge in [-0.3, -0.25) is 4.79 Å². The molecule has 0 radical (unpaired) electrons. The Labute approximate surface area is 103 Å². The molecule has 0 atom stereocenters. The minimum Gasteiger partial charge on any atom is -0.354 e. The van der Waals surface area contributed by atoms with Crippen LogP contribution in [0.15, 0.2) is 41.2 Å². The number of rotatable bonds is 0. The van der Waals surface area contributed by atoms with Crippen molar-refractivity contribution in [2.75, 3.05) is 0 Å². The summed E-state index contributed by atoms with van der Waals surface area (Å²) in [6.45, 7) is 1.91. The summed E-state index contributed by atoms with van der Waals surface area (Å²) in [7, 11) is 0. The van der Waals surface area contributed by atoms with Crippen molar-refractivity contribution in [3.8, 4) is 0 Å². The van der Waals surface area contributed by atoms with Crippen molar-refractivity contribution in [1.82, 2.24) is 4.98 Å². The Morgan fingerprint density at radius 2 is 1.82 bits per heavy atom. The standard InChI is InChI=1S/C14H10ClNO/c1-8-11(15)7-6-10-13(8)16-12-5-3-2-4-9(12)14(10)17/h2-7H,1H3,(H,16,17). The van der Waals surface area contributed by atoms with Gasteiger partial charge in [-0.1, -0.05) is 23.7 Å². The number of pyridine rings is 1. The predicted molar refractivity (Wildman–Crippen MR) is 71.8 cm³/mol. The molecule has 1 heterocycles. The lowest BCUT2D eigenvalue weighted by Crippen LogP contribution is -2.04. The second-order valence-corrected chi connectivity index (χ2v) is 4.50. The molecule has 0 bridgehead atoms. The number of aromatic nitrogens is 1. The van der Waals surface area contributed by atoms with Crippen molar-refractivity contribution in [3.63, 3.8) is 0 Å². The maximum Gasteiger partial charge on any atom is 0.197 e. The van der Waals surface area contributed by atoms with Gasteiger partial charge in [0.2, 0.25) is 0 Å². The lowest BCUT2D eigenvalue weighted by molar-refractivity contribution is 1.41. The van der Waals surface area contributed by atoms with Gasteiger partial charge in [-0.15, -0.1) is 0 Å². The van der Waals surface area contributed by atoms with Gasteiger partial charge in [-0.2, -0.15) is 0 Å². The van der Waals surface area contributed by atoms with Gasteiger partial charge in [0.05, 0.1) is 5.52 Å². The monoisotopic (exact) mass is 243 g/mol. The third kappa shape index (κ3) is 1.45. The quantitative estimate of drug-likeness (QED) is 0.601. The molecule has 1 N–H and O–H groups in total. The minimum absolute atomic E-state index is 0.0501. The molecule has 0 aliphatic rings. The minimum atomic E-state index is 0.0501. The highest BCUT2D eigenvalue weighted by Gasteiger charge is 2.08. The summed E-state index contributed by atoms with van der Waals surface area (Å²) in [6.07, 6.45) is 0. The predicted octanol–water partition coefficient (Wildman–Crippen LogP) is 3.64. The van der Waals surface area contributed by atoms with Gasteiger partial charge in [0.1, 0.15) is 0 Å². The first-order valence-corrected chi connectivity index (χ1v) is 5.76. The fourth-order valence-electron chi connectivity index (χ4n) is 2.11. The van der Waals surface area contributed by atoms with Crippen molar-refractivity contribution in [2.24, 2.45) is 0 Å². The molecule has 0 amide bonds. The number of halogens is 1. The van der Waals surface area contributed by atoms with Crippen LogP contribution in [0.4, 0.5) is 0 Å². The summed E-state index contributed by atoms with van der Waals surface area (Å²) in [6, 6.07) is 11.0. The van der Waals surface area contributed by atoms with E-state index in [0.29, 0.717) is 15.8 Å². The maximum atomic E-state index is 12.3. The molecule has 0 spiro atoms. The Balaban J connectivity index is 2.64. The Morgan fingerprint density at radius 3 is 2.65 bits per heavy atom. The van der Waals surface area contributed by atoms with Crippen molar-refractivity contribution < 1.29 is 0 Å². The number of H-pyrrole nitrogens is 1. The first kappa shape index (κ1) is 10.4. The normalized spacial score (nSPS) is 11.2. The van der Waals surface area contributed by atoms with E-state index < -0.39 is 0 Å². The summed E-state index contributed by atoms with van der Waals surface area (Å²) in [5, 5.41) is 2.07. The number of aryl methyl sites for hydroxylation is 1. The van der Waals surface area contributed by atoms with Crippen molar-refractivity contribution in [3.05, 3.63) is 57.2 Å². The molecule has 0 unspecified atom stereocenters. The topological polar surface area (TPSA) is 32.9 Å². The molecule has 84 valence electrons. The van der Waals surface area contributed by atoms with Crippen LogP contribution in [-0.2, 0) is 0 Å². The number of benzene rings is 2. The van der Waals surface area contributed by atoms with E-state index in [4.69, 9.17) is 11.6 Å². The van der Waals surface area contributed by atoms with Crippen LogP contribution >= 0.6 is 11.6 Å². The number of para-hydroxylation sites is 1. The molecule has 1 aromatic heterocycles. The summed E-state index contributed by atoms with van der Waals surface area (Å²) >= 11 is 6.07. The molecule has 0 saturated heterocycles. The van der Waals surface area contributed by atoms with E-state index in [1.165, 1.54) is 0 Å². The van der Waals surface area contributed by atoms with Crippen LogP contribution in [0.5, 0.6) is 0 Å². The lowest BCUT2D eigenvalue weighted by atomic mass is 10.1. The average Bonchev–Trinajstić information content (AvgIpc) is 2.35. The Bertz CT molecular complexity index is 789. The molecule has 0 aliphatic heterocycles. The summed E-state index contributed by atoms with van der Waals surface area (Å²) < 4.78 is 0. The number of aromatic amines is 1. The van der Waals surface area contributed by atoms with E-state index in [0.717, 1.165) is 16.6 Å². The van der Waals surface area contributed by atoms with E-state index >= 15 is 0 Å². The van der Waals surface area contributed by atoms with E-state index in [1.54, 1.807) is 12.1 Å². The van der Waals surface area contributed by atoms with Crippen molar-refractivity contribution in [1.29, 1.82) is 0 Å². The fourth-order valence-corrected chi connectivity index (χ4v) is 2.26. The molecule has 17 heavy (non-hydrogen) atoms. The number of hydrogen-bond acceptors (Lipinski definition) is 1. The molecular formula is C14H10ClNO. The highest BCUT2D eigenvalue weighted by Crippen LogP contribution is 2.23. The van der Waals surface area contributed by atoms with Crippen LogP contribution in [0, 0.1) is 6.92 Å². The van der Waals surface area contributed by atoms with Crippen LogP contribution in [0.3, 0.4) is 0 Å². The van der Waals surface area contributed by atoms with Crippen molar-refractivity contribution >= 4 is 33.4 Å². The van der Waals surface area contributed by atoms with Gasteiger partial charge >= 0.3 is 0 Å². The maximum absolute atomic E-state index is 12.3. The summed E-state index contributed by atoms with van der Waals surface area (Å²) in [5.74, 6) is 0. The van der Waals surface area contributed by atoms with Gasteiger partial charge < -0.3 is 4.98 Å². The third-order valence-electron chi connectivity index (χ3n) is 3.07. The van der Waals surface area contributed by atoms with Crippen molar-refractivity contribution in [2.45, 2.75) is 6.92 Å². The van der Waals surface area contributed by atoms with Gasteiger partial charge in [-0.05, 0) is 36.8 Å².